The summed E-state index contributed by atoms with van der Waals surface area (Å²) < 4.78 is 31.3. The molecular formula is C19H18N4O5S2. The Labute approximate surface area is 178 Å². The number of sulfonamides is 1. The molecule has 30 heavy (non-hydrogen) atoms. The van der Waals surface area contributed by atoms with Crippen LogP contribution in [0.1, 0.15) is 33.6 Å². The maximum absolute atomic E-state index is 12.8. The second-order valence-corrected chi connectivity index (χ2v) is 8.71. The third-order valence-corrected chi connectivity index (χ3v) is 6.74. The molecule has 1 N–H and O–H groups in total. The van der Waals surface area contributed by atoms with Gasteiger partial charge in [-0.25, -0.2) is 13.2 Å². The number of benzene rings is 1. The van der Waals surface area contributed by atoms with E-state index in [1.165, 1.54) is 37.4 Å². The average Bonchev–Trinajstić information content (AvgIpc) is 3.21. The highest BCUT2D eigenvalue weighted by molar-refractivity contribution is 7.89. The number of thiophene rings is 1. The number of carbonyl (C=O) groups is 2. The van der Waals surface area contributed by atoms with Gasteiger partial charge in [-0.1, -0.05) is 0 Å². The molecular weight excluding hydrogens is 428 g/mol. The van der Waals surface area contributed by atoms with E-state index in [0.29, 0.717) is 5.00 Å². The van der Waals surface area contributed by atoms with Crippen molar-refractivity contribution in [3.63, 3.8) is 0 Å². The first-order valence-electron chi connectivity index (χ1n) is 8.66. The van der Waals surface area contributed by atoms with Crippen LogP contribution in [0.4, 0.5) is 5.00 Å². The summed E-state index contributed by atoms with van der Waals surface area (Å²) in [5.41, 5.74) is 0.416. The van der Waals surface area contributed by atoms with Crippen LogP contribution < -0.4 is 5.32 Å². The minimum Gasteiger partial charge on any atom is -0.465 e. The van der Waals surface area contributed by atoms with Gasteiger partial charge in [-0.05, 0) is 35.7 Å². The van der Waals surface area contributed by atoms with Crippen LogP contribution in [-0.2, 0) is 14.8 Å². The highest BCUT2D eigenvalue weighted by Gasteiger charge is 2.24. The second kappa shape index (κ2) is 10.5. The van der Waals surface area contributed by atoms with Gasteiger partial charge in [-0.15, -0.1) is 11.3 Å². The first-order valence-corrected chi connectivity index (χ1v) is 11.0. The van der Waals surface area contributed by atoms with E-state index in [-0.39, 0.29) is 42.0 Å². The number of ether oxygens (including phenoxy) is 1. The number of methoxy groups -OCH3 is 1. The summed E-state index contributed by atoms with van der Waals surface area (Å²) >= 11 is 1.15. The number of hydrogen-bond donors (Lipinski definition) is 1. The van der Waals surface area contributed by atoms with Crippen molar-refractivity contribution in [3.05, 3.63) is 46.8 Å². The van der Waals surface area contributed by atoms with Crippen LogP contribution >= 0.6 is 11.3 Å². The van der Waals surface area contributed by atoms with Crippen molar-refractivity contribution in [1.29, 1.82) is 10.5 Å². The summed E-state index contributed by atoms with van der Waals surface area (Å²) in [4.78, 5) is 24.1. The molecule has 2 rings (SSSR count). The van der Waals surface area contributed by atoms with Gasteiger partial charge in [0.15, 0.2) is 0 Å². The summed E-state index contributed by atoms with van der Waals surface area (Å²) in [6.45, 7) is -0.0606. The fourth-order valence-electron chi connectivity index (χ4n) is 2.48. The molecule has 0 aliphatic heterocycles. The van der Waals surface area contributed by atoms with E-state index >= 15 is 0 Å². The smallest absolute Gasteiger partial charge is 0.340 e. The molecule has 0 fully saturated rings. The largest absolute Gasteiger partial charge is 0.465 e. The monoisotopic (exact) mass is 446 g/mol. The van der Waals surface area contributed by atoms with Gasteiger partial charge in [0.2, 0.25) is 10.0 Å². The third kappa shape index (κ3) is 5.42. The third-order valence-electron chi connectivity index (χ3n) is 4.00. The number of hydrogen-bond acceptors (Lipinski definition) is 8. The van der Waals surface area contributed by atoms with E-state index in [1.807, 2.05) is 12.1 Å². The molecule has 0 saturated heterocycles. The van der Waals surface area contributed by atoms with Crippen LogP contribution in [0.25, 0.3) is 0 Å². The minimum atomic E-state index is -3.92. The van der Waals surface area contributed by atoms with Gasteiger partial charge < -0.3 is 10.1 Å². The number of nitrogens with one attached hydrogen (secondary N) is 1. The number of nitrogens with zero attached hydrogens (tertiary/aromatic N) is 3. The highest BCUT2D eigenvalue weighted by atomic mass is 32.2. The lowest BCUT2D eigenvalue weighted by molar-refractivity contribution is 0.0602. The summed E-state index contributed by atoms with van der Waals surface area (Å²) in [7, 11) is -2.68. The molecule has 156 valence electrons. The Kier molecular flexibility index (Phi) is 8.07. The lowest BCUT2D eigenvalue weighted by atomic mass is 10.2. The lowest BCUT2D eigenvalue weighted by Gasteiger charge is -2.20. The fourth-order valence-corrected chi connectivity index (χ4v) is 4.69. The number of nitriles is 2. The summed E-state index contributed by atoms with van der Waals surface area (Å²) in [5.74, 6) is -1.10. The van der Waals surface area contributed by atoms with Gasteiger partial charge in [0, 0.05) is 31.5 Å². The molecule has 0 unspecified atom stereocenters. The summed E-state index contributed by atoms with van der Waals surface area (Å²) in [6.07, 6.45) is -0.0109. The van der Waals surface area contributed by atoms with E-state index in [0.717, 1.165) is 15.6 Å². The van der Waals surface area contributed by atoms with Gasteiger partial charge in [0.05, 0.1) is 29.7 Å². The minimum absolute atomic E-state index is 0.00547. The first-order chi connectivity index (χ1) is 14.3. The van der Waals surface area contributed by atoms with Crippen molar-refractivity contribution in [3.8, 4) is 12.1 Å². The predicted molar refractivity (Wildman–Crippen MR) is 109 cm³/mol. The number of amides is 1. The van der Waals surface area contributed by atoms with Gasteiger partial charge in [-0.3, -0.25) is 4.79 Å². The van der Waals surface area contributed by atoms with Crippen LogP contribution in [-0.4, -0.2) is 44.8 Å². The second-order valence-electron chi connectivity index (χ2n) is 5.85. The summed E-state index contributed by atoms with van der Waals surface area (Å²) in [6, 6.07) is 10.6. The Bertz CT molecular complexity index is 1080. The molecule has 0 saturated carbocycles. The zero-order chi connectivity index (χ0) is 22.1. The Morgan fingerprint density at radius 2 is 1.70 bits per heavy atom. The molecule has 9 nitrogen and oxygen atoms in total. The number of carbonyl (C=O) groups excluding carboxylic acids is 2. The zero-order valence-corrected chi connectivity index (χ0v) is 17.6. The van der Waals surface area contributed by atoms with Crippen molar-refractivity contribution in [1.82, 2.24) is 4.31 Å². The van der Waals surface area contributed by atoms with Gasteiger partial charge >= 0.3 is 5.97 Å². The molecule has 0 radical (unpaired) electrons. The summed E-state index contributed by atoms with van der Waals surface area (Å²) in [5, 5.41) is 22.0. The van der Waals surface area contributed by atoms with Crippen molar-refractivity contribution in [2.24, 2.45) is 0 Å². The SMILES string of the molecule is COC(=O)c1ccsc1NC(=O)c1ccc(S(=O)(=O)N(CCC#N)CCC#N)cc1. The van der Waals surface area contributed by atoms with E-state index in [4.69, 9.17) is 10.5 Å². The zero-order valence-electron chi connectivity index (χ0n) is 16.0. The van der Waals surface area contributed by atoms with Gasteiger partial charge in [0.25, 0.3) is 5.91 Å². The Morgan fingerprint density at radius 3 is 2.23 bits per heavy atom. The number of anilines is 1. The highest BCUT2D eigenvalue weighted by Crippen LogP contribution is 2.25. The van der Waals surface area contributed by atoms with E-state index < -0.39 is 21.9 Å². The molecule has 0 spiro atoms. The molecule has 1 amide bonds. The van der Waals surface area contributed by atoms with Crippen LogP contribution in [0.2, 0.25) is 0 Å². The molecule has 1 heterocycles. The molecule has 1 aromatic carbocycles. The first kappa shape index (κ1) is 23.0. The maximum atomic E-state index is 12.8. The predicted octanol–water partition coefficient (Wildman–Crippen LogP) is 2.61. The quantitative estimate of drug-likeness (QED) is 0.584. The Hall–Kier alpha value is -3.25. The van der Waals surface area contributed by atoms with Crippen LogP contribution in [0.3, 0.4) is 0 Å². The fraction of sp³-hybridized carbons (Fsp3) is 0.263. The Balaban J connectivity index is 2.19. The van der Waals surface area contributed by atoms with Crippen LogP contribution in [0.5, 0.6) is 0 Å². The molecule has 0 bridgehead atoms. The van der Waals surface area contributed by atoms with Crippen LogP contribution in [0, 0.1) is 22.7 Å². The molecule has 0 aliphatic carbocycles. The molecule has 1 aromatic heterocycles. The van der Waals surface area contributed by atoms with E-state index in [1.54, 1.807) is 5.38 Å². The molecule has 0 aliphatic rings. The maximum Gasteiger partial charge on any atom is 0.340 e. The van der Waals surface area contributed by atoms with Crippen molar-refractivity contribution in [2.45, 2.75) is 17.7 Å². The molecule has 0 atom stereocenters. The van der Waals surface area contributed by atoms with Crippen LogP contribution in [0.15, 0.2) is 40.6 Å². The van der Waals surface area contributed by atoms with E-state index in [9.17, 15) is 18.0 Å². The molecule has 2 aromatic rings. The Morgan fingerprint density at radius 1 is 1.10 bits per heavy atom. The van der Waals surface area contributed by atoms with Crippen molar-refractivity contribution >= 4 is 38.2 Å². The van der Waals surface area contributed by atoms with E-state index in [2.05, 4.69) is 10.1 Å². The van der Waals surface area contributed by atoms with Crippen molar-refractivity contribution < 1.29 is 22.7 Å². The standard InChI is InChI=1S/C19H18N4O5S2/c1-28-19(25)16-8-13-29-18(16)22-17(24)14-4-6-15(7-5-14)30(26,27)23(11-2-9-20)12-3-10-21/h4-8,13H,2-3,11-12H2,1H3,(H,22,24). The molecule has 11 heteroatoms. The topological polar surface area (TPSA) is 140 Å². The normalized spacial score (nSPS) is 10.8. The number of esters is 1. The lowest BCUT2D eigenvalue weighted by Crippen LogP contribution is -2.32. The number of rotatable bonds is 9. The van der Waals surface area contributed by atoms with Crippen molar-refractivity contribution in [2.75, 3.05) is 25.5 Å². The van der Waals surface area contributed by atoms with Gasteiger partial charge in [0.1, 0.15) is 5.00 Å². The average molecular weight is 447 g/mol. The van der Waals surface area contributed by atoms with Gasteiger partial charge in [-0.2, -0.15) is 14.8 Å².